The molecular weight excluding hydrogens is 857 g/mol. The van der Waals surface area contributed by atoms with E-state index >= 15 is 0 Å². The molecule has 22 heteroatoms. The summed E-state index contributed by atoms with van der Waals surface area (Å²) >= 11 is 0. The van der Waals surface area contributed by atoms with Crippen LogP contribution in [-0.2, 0) is 28.8 Å². The predicted molar refractivity (Wildman–Crippen MR) is 235 cm³/mol. The molecule has 0 spiro atoms. The van der Waals surface area contributed by atoms with E-state index in [1.165, 1.54) is 38.5 Å². The van der Waals surface area contributed by atoms with E-state index in [4.69, 9.17) is 68.9 Å². The lowest BCUT2D eigenvalue weighted by molar-refractivity contribution is -0.159. The zero-order valence-electron chi connectivity index (χ0n) is 35.2. The number of carbonyl (C=O) groups is 6. The molecule has 0 aliphatic rings. The lowest BCUT2D eigenvalue weighted by atomic mass is 10.1. The van der Waals surface area contributed by atoms with Gasteiger partial charge in [-0.05, 0) is 87.3 Å². The summed E-state index contributed by atoms with van der Waals surface area (Å²) < 4.78 is 10.5. The highest BCUT2D eigenvalue weighted by Crippen LogP contribution is 2.20. The summed E-state index contributed by atoms with van der Waals surface area (Å²) in [5.41, 5.74) is 1.78. The molecule has 352 valence electrons. The fraction of sp³-hybridized carbons (Fsp3) is 0.550. The number of aliphatic carboxylic acids is 6. The number of aliphatic hydroxyl groups excluding tert-OH is 2. The Hall–Kier alpha value is -4.68. The molecule has 0 aliphatic carbocycles. The van der Waals surface area contributed by atoms with E-state index in [1.807, 2.05) is 70.1 Å². The Bertz CT molecular complexity index is 1370. The van der Waals surface area contributed by atoms with Gasteiger partial charge in [-0.2, -0.15) is 0 Å². The Morgan fingerprint density at radius 1 is 0.468 bits per heavy atom. The summed E-state index contributed by atoms with van der Waals surface area (Å²) in [7, 11) is 7.21. The number of ether oxygens (including phenoxy) is 2. The van der Waals surface area contributed by atoms with Crippen molar-refractivity contribution in [1.29, 1.82) is 0 Å². The van der Waals surface area contributed by atoms with Crippen LogP contribution in [0.3, 0.4) is 0 Å². The molecule has 20 nitrogen and oxygen atoms in total. The van der Waals surface area contributed by atoms with Crippen LogP contribution in [0.15, 0.2) is 48.5 Å². The van der Waals surface area contributed by atoms with Gasteiger partial charge < -0.3 is 71.6 Å². The maximum atomic E-state index is 10.3. The second-order valence-corrected chi connectivity index (χ2v) is 15.5. The molecule has 2 rings (SSSR count). The van der Waals surface area contributed by atoms with Gasteiger partial charge in [-0.25, -0.2) is 28.8 Å². The van der Waals surface area contributed by atoms with E-state index < -0.39 is 48.0 Å². The van der Waals surface area contributed by atoms with Crippen molar-refractivity contribution in [3.8, 4) is 11.5 Å². The van der Waals surface area contributed by atoms with Crippen LogP contribution in [-0.4, -0.2) is 155 Å². The molecule has 0 aliphatic heterocycles. The quantitative estimate of drug-likeness (QED) is 0.0317. The molecular formula is C40H64N4O16S2. The van der Waals surface area contributed by atoms with Crippen molar-refractivity contribution in [3.63, 3.8) is 0 Å². The van der Waals surface area contributed by atoms with E-state index in [2.05, 4.69) is 21.3 Å². The molecule has 12 N–H and O–H groups in total. The second kappa shape index (κ2) is 40.4. The van der Waals surface area contributed by atoms with Crippen molar-refractivity contribution in [2.24, 2.45) is 0 Å². The number of unbranched alkanes of at least 4 members (excludes halogenated alkanes) is 6. The molecule has 0 heterocycles. The van der Waals surface area contributed by atoms with Crippen molar-refractivity contribution in [2.45, 2.75) is 63.6 Å². The van der Waals surface area contributed by atoms with Crippen LogP contribution in [0.1, 0.15) is 74.7 Å². The van der Waals surface area contributed by atoms with Crippen molar-refractivity contribution in [2.75, 3.05) is 78.1 Å². The van der Waals surface area contributed by atoms with Crippen molar-refractivity contribution >= 4 is 57.4 Å². The third-order valence-corrected chi connectivity index (χ3v) is 10.3. The van der Waals surface area contributed by atoms with E-state index in [0.29, 0.717) is 13.1 Å². The smallest absolute Gasteiger partial charge is 0.414 e. The number of nitrogens with one attached hydrogen (secondary N) is 4. The van der Waals surface area contributed by atoms with Crippen LogP contribution in [0, 0.1) is 0 Å². The Kier molecular flexibility index (Phi) is 38.7. The standard InChI is InChI=1S/C34H58N4O4S2.3C2H2O4/c1-41-31-15-11-13-29(25-31)33(39)27-37-19-9-5-3-7-17-35-21-23-43-44-24-22-36-18-8-4-6-10-20-38-28-34(40)30-14-12-16-32(26-30)42-2;3*3-1(4)2(5)6/h11-16,25-26,33-40H,3-10,17-24,27-28H2,1-2H3;3*(H,3,4)(H,5,6). The molecule has 0 fully saturated rings. The van der Waals surface area contributed by atoms with Gasteiger partial charge in [0.1, 0.15) is 11.5 Å². The highest BCUT2D eigenvalue weighted by molar-refractivity contribution is 8.76. The molecule has 2 aromatic carbocycles. The third-order valence-electron chi connectivity index (χ3n) is 7.90. The van der Waals surface area contributed by atoms with Crippen LogP contribution in [0.4, 0.5) is 0 Å². The Morgan fingerprint density at radius 2 is 0.758 bits per heavy atom. The summed E-state index contributed by atoms with van der Waals surface area (Å²) in [6.07, 6.45) is 8.63. The summed E-state index contributed by atoms with van der Waals surface area (Å²) in [5.74, 6) is -7.09. The highest BCUT2D eigenvalue weighted by Gasteiger charge is 2.09. The molecule has 0 bridgehead atoms. The van der Waals surface area contributed by atoms with Crippen molar-refractivity contribution in [3.05, 3.63) is 59.7 Å². The van der Waals surface area contributed by atoms with Gasteiger partial charge >= 0.3 is 35.8 Å². The van der Waals surface area contributed by atoms with E-state index in [1.54, 1.807) is 14.2 Å². The van der Waals surface area contributed by atoms with Gasteiger partial charge in [-0.15, -0.1) is 0 Å². The van der Waals surface area contributed by atoms with Gasteiger partial charge in [0.25, 0.3) is 0 Å². The Labute approximate surface area is 369 Å². The average molecular weight is 921 g/mol. The fourth-order valence-corrected chi connectivity index (χ4v) is 6.61. The molecule has 0 saturated heterocycles. The van der Waals surface area contributed by atoms with Gasteiger partial charge in [0, 0.05) is 37.7 Å². The lowest BCUT2D eigenvalue weighted by Gasteiger charge is -2.13. The normalized spacial score (nSPS) is 11.2. The fourth-order valence-electron chi connectivity index (χ4n) is 4.71. The first-order valence-electron chi connectivity index (χ1n) is 19.7. The Morgan fingerprint density at radius 3 is 1.03 bits per heavy atom. The minimum Gasteiger partial charge on any atom is -0.497 e. The molecule has 2 atom stereocenters. The maximum absolute atomic E-state index is 10.3. The SMILES string of the molecule is COc1cccc(C(O)CNCCCCCCNCCSSCCNCCCCCCNCC(O)c2cccc(OC)c2)c1.O=C(O)C(=O)O.O=C(O)C(=O)O.O=C(O)C(=O)O. The van der Waals surface area contributed by atoms with E-state index in [0.717, 1.165) is 86.2 Å². The topological polar surface area (TPSA) is 331 Å². The molecule has 0 saturated carbocycles. The number of aliphatic hydroxyl groups is 2. The first kappa shape index (κ1) is 59.4. The lowest BCUT2D eigenvalue weighted by Crippen LogP contribution is -2.22. The minimum absolute atomic E-state index is 0.504. The average Bonchev–Trinajstić information content (AvgIpc) is 3.25. The van der Waals surface area contributed by atoms with Crippen molar-refractivity contribution in [1.82, 2.24) is 21.3 Å². The van der Waals surface area contributed by atoms with Crippen LogP contribution in [0.2, 0.25) is 0 Å². The zero-order chi connectivity index (χ0) is 47.0. The van der Waals surface area contributed by atoms with Gasteiger partial charge in [0.05, 0.1) is 26.4 Å². The molecule has 0 amide bonds. The summed E-state index contributed by atoms with van der Waals surface area (Å²) in [6, 6.07) is 15.2. The number of methoxy groups -OCH3 is 2. The summed E-state index contributed by atoms with van der Waals surface area (Å²) in [4.78, 5) is 54.6. The predicted octanol–water partition coefficient (Wildman–Crippen LogP) is 2.80. The number of hydrogen-bond acceptors (Lipinski definition) is 16. The minimum atomic E-state index is -1.82. The highest BCUT2D eigenvalue weighted by atomic mass is 33.1. The van der Waals surface area contributed by atoms with Gasteiger partial charge in [-0.1, -0.05) is 71.5 Å². The molecule has 2 unspecified atom stereocenters. The Balaban J connectivity index is 0. The number of rotatable bonds is 29. The summed E-state index contributed by atoms with van der Waals surface area (Å²) in [5, 5.41) is 78.8. The van der Waals surface area contributed by atoms with Gasteiger partial charge in [-0.3, -0.25) is 0 Å². The van der Waals surface area contributed by atoms with Gasteiger partial charge in [0.2, 0.25) is 0 Å². The molecule has 62 heavy (non-hydrogen) atoms. The number of carboxylic acid groups (broad SMARTS) is 6. The third kappa shape index (κ3) is 37.1. The second-order valence-electron chi connectivity index (χ2n) is 12.8. The van der Waals surface area contributed by atoms with Crippen LogP contribution in [0.5, 0.6) is 11.5 Å². The van der Waals surface area contributed by atoms with Crippen molar-refractivity contribution < 1.29 is 79.1 Å². The number of hydrogen-bond donors (Lipinski definition) is 12. The monoisotopic (exact) mass is 920 g/mol. The van der Waals surface area contributed by atoms with Crippen LogP contribution >= 0.6 is 21.6 Å². The largest absolute Gasteiger partial charge is 0.497 e. The van der Waals surface area contributed by atoms with Gasteiger partial charge in [0.15, 0.2) is 0 Å². The van der Waals surface area contributed by atoms with Crippen LogP contribution in [0.25, 0.3) is 0 Å². The van der Waals surface area contributed by atoms with E-state index in [-0.39, 0.29) is 0 Å². The first-order valence-corrected chi connectivity index (χ1v) is 22.2. The van der Waals surface area contributed by atoms with Crippen LogP contribution < -0.4 is 30.7 Å². The first-order chi connectivity index (χ1) is 29.6. The molecule has 0 radical (unpaired) electrons. The molecule has 0 aromatic heterocycles. The number of carboxylic acids is 6. The number of benzene rings is 2. The van der Waals surface area contributed by atoms with E-state index in [9.17, 15) is 10.2 Å². The zero-order valence-corrected chi connectivity index (χ0v) is 36.8. The molecule has 2 aromatic rings. The maximum Gasteiger partial charge on any atom is 0.414 e. The summed E-state index contributed by atoms with van der Waals surface area (Å²) in [6.45, 7) is 7.35.